The summed E-state index contributed by atoms with van der Waals surface area (Å²) in [5.74, 6) is 3.00. The largest absolute Gasteiger partial charge is 0.469 e. The molecule has 0 aromatic heterocycles. The van der Waals surface area contributed by atoms with Gasteiger partial charge >= 0.3 is 5.97 Å². The molecule has 0 heterocycles. The Labute approximate surface area is 170 Å². The Balaban J connectivity index is 1.50. The van der Waals surface area contributed by atoms with Gasteiger partial charge < -0.3 is 14.9 Å². The van der Waals surface area contributed by atoms with Gasteiger partial charge in [0.15, 0.2) is 0 Å². The highest BCUT2D eigenvalue weighted by Crippen LogP contribution is 2.67. The second kappa shape index (κ2) is 7.58. The summed E-state index contributed by atoms with van der Waals surface area (Å²) < 4.78 is 4.80. The molecule has 0 aromatic rings. The van der Waals surface area contributed by atoms with Gasteiger partial charge in [-0.25, -0.2) is 0 Å². The second-order valence-corrected chi connectivity index (χ2v) is 10.9. The topological polar surface area (TPSA) is 66.8 Å². The number of hydrogen-bond donors (Lipinski definition) is 2. The molecule has 4 nitrogen and oxygen atoms in total. The van der Waals surface area contributed by atoms with Crippen molar-refractivity contribution < 1.29 is 19.7 Å². The van der Waals surface area contributed by atoms with E-state index in [4.69, 9.17) is 4.74 Å². The Kier molecular flexibility index (Phi) is 5.59. The minimum Gasteiger partial charge on any atom is -0.469 e. The van der Waals surface area contributed by atoms with E-state index in [9.17, 15) is 15.0 Å². The third-order valence-electron chi connectivity index (χ3n) is 10.1. The standard InChI is InChI=1S/C24H40O4/c1-23-12-11-17(25)13-16(23)7-9-18-19-10-8-15(5-4-6-22(27)28-3)24(19,2)21(26)14-20(18)23/h15-21,25-26H,4-14H2,1-3H3/t15-,16+,17+,18-,19-,20-,21-,23-,24+/m0/s1. The predicted molar refractivity (Wildman–Crippen MR) is 108 cm³/mol. The zero-order chi connectivity index (χ0) is 20.1. The van der Waals surface area contributed by atoms with E-state index in [0.29, 0.717) is 35.5 Å². The Morgan fingerprint density at radius 3 is 2.57 bits per heavy atom. The smallest absolute Gasteiger partial charge is 0.305 e. The number of aliphatic hydroxyl groups is 2. The van der Waals surface area contributed by atoms with E-state index in [1.807, 2.05) is 0 Å². The third kappa shape index (κ3) is 3.14. The van der Waals surface area contributed by atoms with E-state index < -0.39 is 0 Å². The third-order valence-corrected chi connectivity index (χ3v) is 10.1. The normalized spacial score (nSPS) is 50.4. The number of rotatable bonds is 4. The number of esters is 1. The predicted octanol–water partition coefficient (Wildman–Crippen LogP) is 4.32. The van der Waals surface area contributed by atoms with Crippen LogP contribution in [0, 0.1) is 40.4 Å². The van der Waals surface area contributed by atoms with Gasteiger partial charge in [-0.3, -0.25) is 4.79 Å². The first-order valence-corrected chi connectivity index (χ1v) is 11.7. The van der Waals surface area contributed by atoms with E-state index in [2.05, 4.69) is 13.8 Å². The lowest BCUT2D eigenvalue weighted by Crippen LogP contribution is -2.58. The number of carbonyl (C=O) groups excluding carboxylic acids is 1. The summed E-state index contributed by atoms with van der Waals surface area (Å²) in [4.78, 5) is 11.5. The molecule has 0 amide bonds. The minimum absolute atomic E-state index is 0.00859. The van der Waals surface area contributed by atoms with Crippen LogP contribution in [0.1, 0.15) is 84.5 Å². The fraction of sp³-hybridized carbons (Fsp3) is 0.958. The summed E-state index contributed by atoms with van der Waals surface area (Å²) >= 11 is 0. The molecule has 0 aromatic carbocycles. The Morgan fingerprint density at radius 2 is 1.82 bits per heavy atom. The highest BCUT2D eigenvalue weighted by molar-refractivity contribution is 5.68. The van der Waals surface area contributed by atoms with Crippen LogP contribution in [0.25, 0.3) is 0 Å². The fourth-order valence-corrected chi connectivity index (χ4v) is 8.39. The number of ether oxygens (including phenoxy) is 1. The van der Waals surface area contributed by atoms with E-state index in [1.54, 1.807) is 0 Å². The van der Waals surface area contributed by atoms with Gasteiger partial charge in [-0.05, 0) is 105 Å². The Morgan fingerprint density at radius 1 is 1.04 bits per heavy atom. The van der Waals surface area contributed by atoms with Gasteiger partial charge in [0.05, 0.1) is 19.3 Å². The lowest BCUT2D eigenvalue weighted by molar-refractivity contribution is -0.171. The van der Waals surface area contributed by atoms with Gasteiger partial charge in [0, 0.05) is 6.42 Å². The van der Waals surface area contributed by atoms with Crippen molar-refractivity contribution in [1.82, 2.24) is 0 Å². The lowest BCUT2D eigenvalue weighted by atomic mass is 9.44. The number of methoxy groups -OCH3 is 1. The molecule has 2 N–H and O–H groups in total. The quantitative estimate of drug-likeness (QED) is 0.699. The summed E-state index contributed by atoms with van der Waals surface area (Å²) in [7, 11) is 1.46. The first kappa shape index (κ1) is 20.7. The molecule has 4 fully saturated rings. The Bertz CT molecular complexity index is 591. The van der Waals surface area contributed by atoms with Crippen LogP contribution in [0.2, 0.25) is 0 Å². The molecule has 0 saturated heterocycles. The number of carbonyl (C=O) groups is 1. The molecule has 0 aliphatic heterocycles. The molecule has 4 rings (SSSR count). The molecule has 4 saturated carbocycles. The highest BCUT2D eigenvalue weighted by Gasteiger charge is 2.62. The molecular weight excluding hydrogens is 352 g/mol. The maximum Gasteiger partial charge on any atom is 0.305 e. The monoisotopic (exact) mass is 392 g/mol. The van der Waals surface area contributed by atoms with E-state index in [1.165, 1.54) is 32.8 Å². The molecule has 9 atom stereocenters. The number of fused-ring (bicyclic) bond motifs is 5. The average molecular weight is 393 g/mol. The summed E-state index contributed by atoms with van der Waals surface area (Å²) in [6.07, 6.45) is 11.0. The van der Waals surface area contributed by atoms with Gasteiger partial charge in [-0.1, -0.05) is 13.8 Å². The summed E-state index contributed by atoms with van der Waals surface area (Å²) in [5, 5.41) is 21.6. The van der Waals surface area contributed by atoms with Crippen molar-refractivity contribution in [2.75, 3.05) is 7.11 Å². The van der Waals surface area contributed by atoms with E-state index >= 15 is 0 Å². The molecule has 160 valence electrons. The van der Waals surface area contributed by atoms with Gasteiger partial charge in [0.1, 0.15) is 0 Å². The molecular formula is C24H40O4. The van der Waals surface area contributed by atoms with Crippen molar-refractivity contribution >= 4 is 5.97 Å². The van der Waals surface area contributed by atoms with Crippen LogP contribution in [-0.4, -0.2) is 35.5 Å². The molecule has 4 heteroatoms. The Hall–Kier alpha value is -0.610. The van der Waals surface area contributed by atoms with Crippen molar-refractivity contribution in [2.24, 2.45) is 40.4 Å². The summed E-state index contributed by atoms with van der Waals surface area (Å²) in [6.45, 7) is 4.83. The molecule has 28 heavy (non-hydrogen) atoms. The van der Waals surface area contributed by atoms with Crippen LogP contribution >= 0.6 is 0 Å². The van der Waals surface area contributed by atoms with Crippen LogP contribution in [0.5, 0.6) is 0 Å². The van der Waals surface area contributed by atoms with Gasteiger partial charge in [0.25, 0.3) is 0 Å². The second-order valence-electron chi connectivity index (χ2n) is 10.9. The van der Waals surface area contributed by atoms with Crippen molar-refractivity contribution in [1.29, 1.82) is 0 Å². The first-order chi connectivity index (χ1) is 13.3. The van der Waals surface area contributed by atoms with Crippen LogP contribution < -0.4 is 0 Å². The summed E-state index contributed by atoms with van der Waals surface area (Å²) in [6, 6.07) is 0. The average Bonchev–Trinajstić information content (AvgIpc) is 3.01. The van der Waals surface area contributed by atoms with Crippen LogP contribution in [0.3, 0.4) is 0 Å². The van der Waals surface area contributed by atoms with Crippen LogP contribution in [0.4, 0.5) is 0 Å². The number of hydrogen-bond acceptors (Lipinski definition) is 4. The van der Waals surface area contributed by atoms with Crippen LogP contribution in [0.15, 0.2) is 0 Å². The zero-order valence-corrected chi connectivity index (χ0v) is 18.0. The molecule has 0 spiro atoms. The molecule has 0 bridgehead atoms. The first-order valence-electron chi connectivity index (χ1n) is 11.7. The molecule has 0 radical (unpaired) electrons. The molecule has 4 aliphatic rings. The zero-order valence-electron chi connectivity index (χ0n) is 18.0. The summed E-state index contributed by atoms with van der Waals surface area (Å²) in [5.41, 5.74) is 0.308. The number of aliphatic hydroxyl groups excluding tert-OH is 2. The van der Waals surface area contributed by atoms with Crippen LogP contribution in [-0.2, 0) is 9.53 Å². The van der Waals surface area contributed by atoms with Gasteiger partial charge in [-0.15, -0.1) is 0 Å². The van der Waals surface area contributed by atoms with E-state index in [-0.39, 0.29) is 23.6 Å². The molecule has 0 unspecified atom stereocenters. The van der Waals surface area contributed by atoms with Crippen molar-refractivity contribution in [3.05, 3.63) is 0 Å². The molecule has 4 aliphatic carbocycles. The highest BCUT2D eigenvalue weighted by atomic mass is 16.5. The van der Waals surface area contributed by atoms with Crippen molar-refractivity contribution in [2.45, 2.75) is 96.7 Å². The maximum atomic E-state index is 11.5. The van der Waals surface area contributed by atoms with Crippen molar-refractivity contribution in [3.8, 4) is 0 Å². The van der Waals surface area contributed by atoms with E-state index in [0.717, 1.165) is 44.4 Å². The van der Waals surface area contributed by atoms with Gasteiger partial charge in [0.2, 0.25) is 0 Å². The lowest BCUT2D eigenvalue weighted by Gasteiger charge is -2.62. The van der Waals surface area contributed by atoms with Gasteiger partial charge in [-0.2, -0.15) is 0 Å². The maximum absolute atomic E-state index is 11.5. The van der Waals surface area contributed by atoms with Crippen molar-refractivity contribution in [3.63, 3.8) is 0 Å². The minimum atomic E-state index is -0.230. The fourth-order valence-electron chi connectivity index (χ4n) is 8.39. The SMILES string of the molecule is COC(=O)CCC[C@H]1CC[C@H]2[C@@H]3CC[C@@H]4C[C@H](O)CC[C@]4(C)[C@H]3C[C@H](O)[C@]12C.